The molecule has 17 heavy (non-hydrogen) atoms. The van der Waals surface area contributed by atoms with E-state index in [1.807, 2.05) is 19.1 Å². The lowest BCUT2D eigenvalue weighted by Crippen LogP contribution is -2.34. The Morgan fingerprint density at radius 1 is 1.18 bits per heavy atom. The monoisotopic (exact) mass is 298 g/mol. The van der Waals surface area contributed by atoms with Gasteiger partial charge in [-0.05, 0) is 31.0 Å². The van der Waals surface area contributed by atoms with Crippen LogP contribution >= 0.6 is 15.9 Å². The van der Waals surface area contributed by atoms with E-state index in [-0.39, 0.29) is 5.60 Å². The highest BCUT2D eigenvalue weighted by molar-refractivity contribution is 9.10. The van der Waals surface area contributed by atoms with Crippen molar-refractivity contribution in [2.45, 2.75) is 31.3 Å². The zero-order chi connectivity index (χ0) is 11.9. The predicted octanol–water partition coefficient (Wildman–Crippen LogP) is 2.87. The number of hydrogen-bond acceptors (Lipinski definition) is 3. The summed E-state index contributed by atoms with van der Waals surface area (Å²) >= 11 is 3.43. The minimum atomic E-state index is -0.790. The van der Waals surface area contributed by atoms with E-state index < -0.39 is 5.97 Å². The highest BCUT2D eigenvalue weighted by Gasteiger charge is 2.55. The number of hydrogen-bond donors (Lipinski definition) is 0. The fourth-order valence-corrected chi connectivity index (χ4v) is 2.51. The van der Waals surface area contributed by atoms with Crippen molar-refractivity contribution < 1.29 is 14.2 Å². The fourth-order valence-electron chi connectivity index (χ4n) is 2.25. The van der Waals surface area contributed by atoms with E-state index in [0.717, 1.165) is 17.3 Å². The molecule has 0 unspecified atom stereocenters. The summed E-state index contributed by atoms with van der Waals surface area (Å²) in [4.78, 5) is 0. The zero-order valence-corrected chi connectivity index (χ0v) is 11.3. The summed E-state index contributed by atoms with van der Waals surface area (Å²) < 4.78 is 18.2. The van der Waals surface area contributed by atoms with Gasteiger partial charge in [0, 0.05) is 10.9 Å². The van der Waals surface area contributed by atoms with Crippen LogP contribution in [-0.4, -0.2) is 24.8 Å². The van der Waals surface area contributed by atoms with Gasteiger partial charge in [-0.2, -0.15) is 0 Å². The van der Waals surface area contributed by atoms with Crippen molar-refractivity contribution in [3.8, 4) is 0 Å². The standard InChI is InChI=1S/C13H15BrO3/c1-12-8-15-13(17-12,16-9-12)7-6-10-2-4-11(14)5-3-10/h2-5H,6-9H2,1H3. The van der Waals surface area contributed by atoms with Crippen molar-refractivity contribution >= 4 is 15.9 Å². The average molecular weight is 299 g/mol. The Morgan fingerprint density at radius 2 is 1.82 bits per heavy atom. The van der Waals surface area contributed by atoms with Gasteiger partial charge in [-0.1, -0.05) is 28.1 Å². The molecule has 0 atom stereocenters. The average Bonchev–Trinajstić information content (AvgIpc) is 2.82. The third-order valence-electron chi connectivity index (χ3n) is 3.23. The summed E-state index contributed by atoms with van der Waals surface area (Å²) in [6, 6.07) is 8.29. The number of aryl methyl sites for hydroxylation is 1. The van der Waals surface area contributed by atoms with Gasteiger partial charge >= 0.3 is 0 Å². The van der Waals surface area contributed by atoms with E-state index in [1.54, 1.807) is 0 Å². The van der Waals surface area contributed by atoms with E-state index in [9.17, 15) is 0 Å². The molecule has 0 aromatic heterocycles. The molecule has 2 aliphatic rings. The Hall–Kier alpha value is -0.420. The highest BCUT2D eigenvalue weighted by Crippen LogP contribution is 2.42. The topological polar surface area (TPSA) is 27.7 Å². The van der Waals surface area contributed by atoms with Gasteiger partial charge in [-0.3, -0.25) is 0 Å². The van der Waals surface area contributed by atoms with Gasteiger partial charge in [-0.25, -0.2) is 0 Å². The van der Waals surface area contributed by atoms with Crippen LogP contribution in [0.5, 0.6) is 0 Å². The van der Waals surface area contributed by atoms with Crippen molar-refractivity contribution in [2.24, 2.45) is 0 Å². The summed E-state index contributed by atoms with van der Waals surface area (Å²) in [5.74, 6) is -0.790. The first-order valence-corrected chi connectivity index (χ1v) is 6.61. The lowest BCUT2D eigenvalue weighted by Gasteiger charge is -2.23. The second-order valence-electron chi connectivity index (χ2n) is 4.94. The predicted molar refractivity (Wildman–Crippen MR) is 66.6 cm³/mol. The molecule has 92 valence electrons. The molecule has 4 heteroatoms. The summed E-state index contributed by atoms with van der Waals surface area (Å²) in [6.45, 7) is 3.29. The summed E-state index contributed by atoms with van der Waals surface area (Å²) in [7, 11) is 0. The summed E-state index contributed by atoms with van der Waals surface area (Å²) in [5, 5.41) is 0. The maximum Gasteiger partial charge on any atom is 0.284 e. The maximum absolute atomic E-state index is 5.84. The van der Waals surface area contributed by atoms with Gasteiger partial charge < -0.3 is 14.2 Å². The summed E-state index contributed by atoms with van der Waals surface area (Å²) in [5.41, 5.74) is 1.03. The van der Waals surface area contributed by atoms with Gasteiger partial charge in [0.15, 0.2) is 0 Å². The molecule has 0 aliphatic carbocycles. The van der Waals surface area contributed by atoms with Crippen LogP contribution in [0.4, 0.5) is 0 Å². The number of fused-ring (bicyclic) bond motifs is 2. The van der Waals surface area contributed by atoms with Gasteiger partial charge in [0.25, 0.3) is 5.97 Å². The molecule has 2 fully saturated rings. The SMILES string of the molecule is CC12COC(CCc3ccc(Br)cc3)(OC1)O2. The van der Waals surface area contributed by atoms with Crippen molar-refractivity contribution in [1.29, 1.82) is 0 Å². The molecule has 3 rings (SSSR count). The largest absolute Gasteiger partial charge is 0.324 e. The van der Waals surface area contributed by atoms with Crippen LogP contribution in [0.2, 0.25) is 0 Å². The van der Waals surface area contributed by atoms with E-state index >= 15 is 0 Å². The van der Waals surface area contributed by atoms with Crippen LogP contribution in [0.1, 0.15) is 18.9 Å². The van der Waals surface area contributed by atoms with E-state index in [0.29, 0.717) is 13.2 Å². The molecular weight excluding hydrogens is 284 g/mol. The molecule has 3 nitrogen and oxygen atoms in total. The Labute approximate surface area is 109 Å². The third kappa shape index (κ3) is 2.27. The summed E-state index contributed by atoms with van der Waals surface area (Å²) in [6.07, 6.45) is 1.63. The molecule has 1 aromatic rings. The first-order valence-electron chi connectivity index (χ1n) is 5.82. The molecule has 2 aliphatic heterocycles. The minimum absolute atomic E-state index is 0.236. The van der Waals surface area contributed by atoms with E-state index in [2.05, 4.69) is 28.1 Å². The molecule has 0 spiro atoms. The van der Waals surface area contributed by atoms with Crippen LogP contribution < -0.4 is 0 Å². The van der Waals surface area contributed by atoms with Gasteiger partial charge in [0.1, 0.15) is 5.60 Å². The fraction of sp³-hybridized carbons (Fsp3) is 0.538. The highest BCUT2D eigenvalue weighted by atomic mass is 79.9. The minimum Gasteiger partial charge on any atom is -0.324 e. The Kier molecular flexibility index (Phi) is 2.78. The van der Waals surface area contributed by atoms with Crippen molar-refractivity contribution in [2.75, 3.05) is 13.2 Å². The Bertz CT molecular complexity index is 407. The number of halogens is 1. The molecular formula is C13H15BrO3. The third-order valence-corrected chi connectivity index (χ3v) is 3.76. The molecule has 2 saturated heterocycles. The molecule has 0 radical (unpaired) electrons. The molecule has 0 saturated carbocycles. The zero-order valence-electron chi connectivity index (χ0n) is 9.74. The van der Waals surface area contributed by atoms with Gasteiger partial charge in [-0.15, -0.1) is 0 Å². The number of rotatable bonds is 3. The van der Waals surface area contributed by atoms with E-state index in [1.165, 1.54) is 5.56 Å². The second-order valence-corrected chi connectivity index (χ2v) is 5.85. The van der Waals surface area contributed by atoms with Crippen LogP contribution in [0.3, 0.4) is 0 Å². The Balaban J connectivity index is 1.63. The molecule has 2 bridgehead atoms. The first-order chi connectivity index (χ1) is 8.09. The molecule has 2 heterocycles. The van der Waals surface area contributed by atoms with Crippen LogP contribution in [0.25, 0.3) is 0 Å². The number of ether oxygens (including phenoxy) is 3. The smallest absolute Gasteiger partial charge is 0.284 e. The van der Waals surface area contributed by atoms with Crippen LogP contribution in [0, 0.1) is 0 Å². The van der Waals surface area contributed by atoms with Gasteiger partial charge in [0.05, 0.1) is 13.2 Å². The quantitative estimate of drug-likeness (QED) is 0.859. The van der Waals surface area contributed by atoms with Crippen LogP contribution in [0.15, 0.2) is 28.7 Å². The number of benzene rings is 1. The van der Waals surface area contributed by atoms with Crippen LogP contribution in [-0.2, 0) is 20.6 Å². The van der Waals surface area contributed by atoms with E-state index in [4.69, 9.17) is 14.2 Å². The first kappa shape index (κ1) is 11.7. The Morgan fingerprint density at radius 3 is 2.35 bits per heavy atom. The van der Waals surface area contributed by atoms with Crippen molar-refractivity contribution in [1.82, 2.24) is 0 Å². The molecule has 0 amide bonds. The normalized spacial score (nSPS) is 35.4. The molecule has 1 aromatic carbocycles. The lowest BCUT2D eigenvalue weighted by atomic mass is 10.1. The second kappa shape index (κ2) is 4.05. The lowest BCUT2D eigenvalue weighted by molar-refractivity contribution is -0.301. The maximum atomic E-state index is 5.84. The molecule has 0 N–H and O–H groups in total. The van der Waals surface area contributed by atoms with Gasteiger partial charge in [0.2, 0.25) is 0 Å². The van der Waals surface area contributed by atoms with Crippen molar-refractivity contribution in [3.05, 3.63) is 34.3 Å². The van der Waals surface area contributed by atoms with Crippen molar-refractivity contribution in [3.63, 3.8) is 0 Å².